The van der Waals surface area contributed by atoms with Gasteiger partial charge in [0.1, 0.15) is 0 Å². The molecule has 0 unspecified atom stereocenters. The van der Waals surface area contributed by atoms with Crippen LogP contribution in [0.3, 0.4) is 0 Å². The topological polar surface area (TPSA) is 99.4 Å². The van der Waals surface area contributed by atoms with Crippen molar-refractivity contribution >= 4 is 15.8 Å². The van der Waals surface area contributed by atoms with Gasteiger partial charge in [-0.1, -0.05) is 53.2 Å². The Morgan fingerprint density at radius 3 is 2.48 bits per heavy atom. The molecule has 0 fully saturated rings. The van der Waals surface area contributed by atoms with Crippen molar-refractivity contribution in [3.8, 4) is 11.4 Å². The van der Waals surface area contributed by atoms with Crippen molar-refractivity contribution in [3.63, 3.8) is 0 Å². The Bertz CT molecular complexity index is 1010. The monoisotopic (exact) mass is 386 g/mol. The fraction of sp³-hybridized carbons (Fsp3) is 0.211. The average molecular weight is 386 g/mol. The third kappa shape index (κ3) is 5.01. The molecule has 1 heterocycles. The lowest BCUT2D eigenvalue weighted by molar-refractivity contribution is -0.145. The Hall–Kier alpha value is -3.00. The van der Waals surface area contributed by atoms with Crippen LogP contribution in [-0.4, -0.2) is 30.3 Å². The predicted octanol–water partition coefficient (Wildman–Crippen LogP) is 2.95. The molecule has 27 heavy (non-hydrogen) atoms. The summed E-state index contributed by atoms with van der Waals surface area (Å²) in [5, 5.41) is 3.82. The molecule has 0 N–H and O–H groups in total. The molecule has 0 aliphatic heterocycles. The van der Waals surface area contributed by atoms with Crippen LogP contribution in [-0.2, 0) is 26.0 Å². The number of benzene rings is 2. The molecule has 0 aliphatic carbocycles. The Labute approximate surface area is 156 Å². The maximum absolute atomic E-state index is 12.2. The third-order valence-corrected chi connectivity index (χ3v) is 5.54. The van der Waals surface area contributed by atoms with Gasteiger partial charge in [-0.05, 0) is 19.1 Å². The predicted molar refractivity (Wildman–Crippen MR) is 97.4 cm³/mol. The van der Waals surface area contributed by atoms with Crippen molar-refractivity contribution in [1.29, 1.82) is 0 Å². The van der Waals surface area contributed by atoms with Gasteiger partial charge in [0.15, 0.2) is 16.4 Å². The van der Waals surface area contributed by atoms with Crippen LogP contribution in [0, 0.1) is 6.92 Å². The molecule has 0 bridgehead atoms. The van der Waals surface area contributed by atoms with E-state index < -0.39 is 15.8 Å². The van der Waals surface area contributed by atoms with Crippen molar-refractivity contribution in [2.75, 3.05) is 5.75 Å². The lowest BCUT2D eigenvalue weighted by Gasteiger charge is -2.05. The number of sulfone groups is 1. The average Bonchev–Trinajstić information content (AvgIpc) is 3.15. The first kappa shape index (κ1) is 18.8. The number of nitrogens with zero attached hydrogens (tertiary/aromatic N) is 2. The third-order valence-electron chi connectivity index (χ3n) is 3.81. The van der Waals surface area contributed by atoms with E-state index in [4.69, 9.17) is 9.26 Å². The zero-order valence-corrected chi connectivity index (χ0v) is 15.5. The van der Waals surface area contributed by atoms with Crippen molar-refractivity contribution in [1.82, 2.24) is 10.1 Å². The van der Waals surface area contributed by atoms with E-state index in [-0.39, 0.29) is 29.6 Å². The number of hydrogen-bond acceptors (Lipinski definition) is 7. The zero-order valence-electron chi connectivity index (χ0n) is 14.7. The van der Waals surface area contributed by atoms with Crippen LogP contribution in [0.5, 0.6) is 0 Å². The van der Waals surface area contributed by atoms with Gasteiger partial charge in [-0.15, -0.1) is 0 Å². The van der Waals surface area contributed by atoms with E-state index in [0.29, 0.717) is 5.82 Å². The number of hydrogen-bond donors (Lipinski definition) is 0. The van der Waals surface area contributed by atoms with Gasteiger partial charge >= 0.3 is 5.97 Å². The lowest BCUT2D eigenvalue weighted by atomic mass is 10.2. The number of carbonyl (C=O) groups is 1. The minimum absolute atomic E-state index is 0.142. The fourth-order valence-corrected chi connectivity index (χ4v) is 3.54. The Morgan fingerprint density at radius 2 is 1.78 bits per heavy atom. The summed E-state index contributed by atoms with van der Waals surface area (Å²) >= 11 is 0. The summed E-state index contributed by atoms with van der Waals surface area (Å²) in [6.07, 6.45) is -0.254. The molecule has 7 nitrogen and oxygen atoms in total. The van der Waals surface area contributed by atoms with E-state index in [2.05, 4.69) is 10.1 Å². The highest BCUT2D eigenvalue weighted by Crippen LogP contribution is 2.16. The van der Waals surface area contributed by atoms with Crippen LogP contribution in [0.2, 0.25) is 0 Å². The molecule has 0 saturated heterocycles. The molecule has 0 amide bonds. The van der Waals surface area contributed by atoms with Gasteiger partial charge in [-0.2, -0.15) is 4.98 Å². The first-order valence-corrected chi connectivity index (χ1v) is 9.92. The minimum atomic E-state index is -3.54. The van der Waals surface area contributed by atoms with Crippen molar-refractivity contribution < 1.29 is 22.5 Å². The first-order chi connectivity index (χ1) is 12.9. The van der Waals surface area contributed by atoms with Gasteiger partial charge in [0.05, 0.1) is 17.1 Å². The van der Waals surface area contributed by atoms with Gasteiger partial charge in [0.25, 0.3) is 5.89 Å². The number of esters is 1. The van der Waals surface area contributed by atoms with E-state index in [1.54, 1.807) is 12.1 Å². The maximum Gasteiger partial charge on any atom is 0.307 e. The normalized spacial score (nSPS) is 11.3. The smallest absolute Gasteiger partial charge is 0.307 e. The lowest BCUT2D eigenvalue weighted by Crippen LogP contribution is -2.13. The number of carbonyl (C=O) groups excluding carboxylic acids is 1. The van der Waals surface area contributed by atoms with E-state index >= 15 is 0 Å². The Balaban J connectivity index is 1.51. The highest BCUT2D eigenvalue weighted by Gasteiger charge is 2.18. The summed E-state index contributed by atoms with van der Waals surface area (Å²) in [6.45, 7) is 1.66. The van der Waals surface area contributed by atoms with Crippen LogP contribution in [0.1, 0.15) is 17.9 Å². The fourth-order valence-electron chi connectivity index (χ4n) is 2.31. The summed E-state index contributed by atoms with van der Waals surface area (Å²) in [5.41, 5.74) is 1.74. The van der Waals surface area contributed by atoms with Gasteiger partial charge in [-0.25, -0.2) is 8.42 Å². The quantitative estimate of drug-likeness (QED) is 0.576. The molecule has 2 aromatic carbocycles. The van der Waals surface area contributed by atoms with E-state index in [1.165, 1.54) is 12.1 Å². The number of ether oxygens (including phenoxy) is 1. The molecule has 0 spiro atoms. The SMILES string of the molecule is Cc1ccc(S(=O)(=O)CCC(=O)OCc2nc(-c3ccccc3)no2)cc1. The molecule has 8 heteroatoms. The molecule has 3 aromatic rings. The van der Waals surface area contributed by atoms with Crippen molar-refractivity contribution in [2.45, 2.75) is 24.8 Å². The van der Waals surface area contributed by atoms with E-state index in [1.807, 2.05) is 37.3 Å². The molecule has 0 saturated carbocycles. The summed E-state index contributed by atoms with van der Waals surface area (Å²) in [7, 11) is -3.54. The van der Waals surface area contributed by atoms with Gasteiger partial charge < -0.3 is 9.26 Å². The maximum atomic E-state index is 12.2. The molecule has 140 valence electrons. The second kappa shape index (κ2) is 8.13. The highest BCUT2D eigenvalue weighted by molar-refractivity contribution is 7.91. The van der Waals surface area contributed by atoms with Crippen LogP contribution in [0.4, 0.5) is 0 Å². The second-order valence-corrected chi connectivity index (χ2v) is 8.03. The Kier molecular flexibility index (Phi) is 5.66. The van der Waals surface area contributed by atoms with E-state index in [9.17, 15) is 13.2 Å². The second-order valence-electron chi connectivity index (χ2n) is 5.92. The van der Waals surface area contributed by atoms with Crippen LogP contribution in [0.15, 0.2) is 64.0 Å². The van der Waals surface area contributed by atoms with E-state index in [0.717, 1.165) is 11.1 Å². The molecular formula is C19H18N2O5S. The van der Waals surface area contributed by atoms with Crippen LogP contribution < -0.4 is 0 Å². The standard InChI is InChI=1S/C19H18N2O5S/c1-14-7-9-16(10-8-14)27(23,24)12-11-18(22)25-13-17-20-19(21-26-17)15-5-3-2-4-6-15/h2-10H,11-13H2,1H3. The summed E-state index contributed by atoms with van der Waals surface area (Å²) in [6, 6.07) is 15.7. The zero-order chi connectivity index (χ0) is 19.3. The van der Waals surface area contributed by atoms with Crippen LogP contribution >= 0.6 is 0 Å². The molecule has 1 aromatic heterocycles. The highest BCUT2D eigenvalue weighted by atomic mass is 32.2. The molecule has 0 radical (unpaired) electrons. The summed E-state index contributed by atoms with van der Waals surface area (Å²) in [5.74, 6) is -0.439. The first-order valence-electron chi connectivity index (χ1n) is 8.27. The molecule has 3 rings (SSSR count). The molecule has 0 aliphatic rings. The number of aryl methyl sites for hydroxylation is 1. The summed E-state index contributed by atoms with van der Waals surface area (Å²) < 4.78 is 34.5. The molecule has 0 atom stereocenters. The molecular weight excluding hydrogens is 368 g/mol. The number of rotatable bonds is 7. The van der Waals surface area contributed by atoms with Gasteiger partial charge in [-0.3, -0.25) is 4.79 Å². The van der Waals surface area contributed by atoms with Crippen molar-refractivity contribution in [2.24, 2.45) is 0 Å². The Morgan fingerprint density at radius 1 is 1.07 bits per heavy atom. The van der Waals surface area contributed by atoms with Gasteiger partial charge in [0, 0.05) is 5.56 Å². The summed E-state index contributed by atoms with van der Waals surface area (Å²) in [4.78, 5) is 16.2. The minimum Gasteiger partial charge on any atom is -0.456 e. The number of aromatic nitrogens is 2. The van der Waals surface area contributed by atoms with Crippen LogP contribution in [0.25, 0.3) is 11.4 Å². The van der Waals surface area contributed by atoms with Gasteiger partial charge in [0.2, 0.25) is 5.82 Å². The van der Waals surface area contributed by atoms with Crippen molar-refractivity contribution in [3.05, 3.63) is 66.1 Å². The largest absolute Gasteiger partial charge is 0.456 e.